The number of nitrogens with zero attached hydrogens (tertiary/aromatic N) is 3. The van der Waals surface area contributed by atoms with Crippen LogP contribution in [0.3, 0.4) is 0 Å². The van der Waals surface area contributed by atoms with E-state index >= 15 is 0 Å². The Kier molecular flexibility index (Phi) is 5.21. The highest BCUT2D eigenvalue weighted by Crippen LogP contribution is 2.37. The number of imide groups is 1. The molecule has 3 aromatic carbocycles. The molecule has 0 saturated carbocycles. The molecule has 4 aromatic rings. The van der Waals surface area contributed by atoms with Gasteiger partial charge in [0.2, 0.25) is 0 Å². The SMILES string of the molecule is Cc1cccc(N2C(=O)S/C(=C\c3cn(-c4ccccc4)nc3-c3ccccc3)C2=O)c1. The number of para-hydroxylation sites is 1. The molecule has 0 aliphatic carbocycles. The summed E-state index contributed by atoms with van der Waals surface area (Å²) < 4.78 is 1.79. The lowest BCUT2D eigenvalue weighted by Gasteiger charge is -2.12. The van der Waals surface area contributed by atoms with Crippen molar-refractivity contribution in [3.8, 4) is 16.9 Å². The third-order valence-corrected chi connectivity index (χ3v) is 6.02. The molecule has 1 aliphatic heterocycles. The zero-order valence-corrected chi connectivity index (χ0v) is 18.1. The summed E-state index contributed by atoms with van der Waals surface area (Å²) in [5.41, 5.74) is 4.94. The molecule has 156 valence electrons. The highest BCUT2D eigenvalue weighted by molar-refractivity contribution is 8.19. The van der Waals surface area contributed by atoms with E-state index in [2.05, 4.69) is 0 Å². The first-order chi connectivity index (χ1) is 15.6. The van der Waals surface area contributed by atoms with Gasteiger partial charge in [-0.25, -0.2) is 9.58 Å². The average molecular weight is 438 g/mol. The maximum absolute atomic E-state index is 13.1. The molecule has 1 fully saturated rings. The molecule has 1 aromatic heterocycles. The Bertz CT molecular complexity index is 1340. The van der Waals surface area contributed by atoms with Crippen molar-refractivity contribution in [2.45, 2.75) is 6.92 Å². The molecule has 5 nitrogen and oxygen atoms in total. The molecular weight excluding hydrogens is 418 g/mol. The molecule has 0 spiro atoms. The van der Waals surface area contributed by atoms with E-state index in [1.54, 1.807) is 16.8 Å². The maximum atomic E-state index is 13.1. The minimum absolute atomic E-state index is 0.302. The molecule has 6 heteroatoms. The Balaban J connectivity index is 1.58. The fraction of sp³-hybridized carbons (Fsp3) is 0.0385. The summed E-state index contributed by atoms with van der Waals surface area (Å²) in [6.07, 6.45) is 3.65. The van der Waals surface area contributed by atoms with Crippen LogP contribution in [-0.4, -0.2) is 20.9 Å². The second-order valence-electron chi connectivity index (χ2n) is 7.44. The number of anilines is 1. The normalized spacial score (nSPS) is 15.0. The predicted molar refractivity (Wildman–Crippen MR) is 129 cm³/mol. The summed E-state index contributed by atoms with van der Waals surface area (Å²) in [4.78, 5) is 27.4. The van der Waals surface area contributed by atoms with E-state index in [0.717, 1.165) is 39.8 Å². The van der Waals surface area contributed by atoms with Gasteiger partial charge in [-0.1, -0.05) is 60.7 Å². The first-order valence-electron chi connectivity index (χ1n) is 10.2. The highest BCUT2D eigenvalue weighted by atomic mass is 32.2. The first-order valence-corrected chi connectivity index (χ1v) is 11.0. The molecule has 0 N–H and O–H groups in total. The van der Waals surface area contributed by atoms with E-state index in [1.165, 1.54) is 4.90 Å². The monoisotopic (exact) mass is 437 g/mol. The Morgan fingerprint density at radius 2 is 1.53 bits per heavy atom. The lowest BCUT2D eigenvalue weighted by molar-refractivity contribution is -0.113. The van der Waals surface area contributed by atoms with Gasteiger partial charge >= 0.3 is 0 Å². The average Bonchev–Trinajstić information content (AvgIpc) is 3.35. The van der Waals surface area contributed by atoms with Crippen LogP contribution in [0.1, 0.15) is 11.1 Å². The standard InChI is InChI=1S/C26H19N3O2S/c1-18-9-8-14-22(15-18)29-25(30)23(32-26(29)31)16-20-17-28(21-12-6-3-7-13-21)27-24(20)19-10-4-2-5-11-19/h2-17H,1H3/b23-16-. The van der Waals surface area contributed by atoms with Gasteiger partial charge in [-0.2, -0.15) is 5.10 Å². The van der Waals surface area contributed by atoms with E-state index in [0.29, 0.717) is 10.6 Å². The lowest BCUT2D eigenvalue weighted by Crippen LogP contribution is -2.27. The number of hydrogen-bond donors (Lipinski definition) is 0. The van der Waals surface area contributed by atoms with Crippen molar-refractivity contribution in [3.63, 3.8) is 0 Å². The molecule has 0 atom stereocenters. The van der Waals surface area contributed by atoms with Gasteiger partial charge in [-0.15, -0.1) is 0 Å². The third-order valence-electron chi connectivity index (χ3n) is 5.15. The van der Waals surface area contributed by atoms with Crippen molar-refractivity contribution < 1.29 is 9.59 Å². The number of amides is 2. The van der Waals surface area contributed by atoms with Crippen molar-refractivity contribution in [2.24, 2.45) is 0 Å². The van der Waals surface area contributed by atoms with Crippen molar-refractivity contribution >= 4 is 34.7 Å². The van der Waals surface area contributed by atoms with Crippen LogP contribution in [0.2, 0.25) is 0 Å². The topological polar surface area (TPSA) is 55.2 Å². The zero-order chi connectivity index (χ0) is 22.1. The fourth-order valence-electron chi connectivity index (χ4n) is 3.62. The second-order valence-corrected chi connectivity index (χ2v) is 8.43. The van der Waals surface area contributed by atoms with Crippen LogP contribution in [0.25, 0.3) is 23.0 Å². The number of rotatable bonds is 4. The van der Waals surface area contributed by atoms with Gasteiger partial charge in [0.1, 0.15) is 0 Å². The number of thioether (sulfide) groups is 1. The largest absolute Gasteiger partial charge is 0.298 e. The van der Waals surface area contributed by atoms with Crippen molar-refractivity contribution in [1.82, 2.24) is 9.78 Å². The summed E-state index contributed by atoms with van der Waals surface area (Å²) in [5, 5.41) is 4.48. The van der Waals surface area contributed by atoms with Gasteiger partial charge in [0.05, 0.1) is 22.0 Å². The Morgan fingerprint density at radius 3 is 2.25 bits per heavy atom. The molecule has 0 unspecified atom stereocenters. The summed E-state index contributed by atoms with van der Waals surface area (Å²) in [5.74, 6) is -0.322. The summed E-state index contributed by atoms with van der Waals surface area (Å²) >= 11 is 0.948. The number of aryl methyl sites for hydroxylation is 1. The number of carbonyl (C=O) groups is 2. The summed E-state index contributed by atoms with van der Waals surface area (Å²) in [6.45, 7) is 1.93. The first kappa shape index (κ1) is 20.0. The van der Waals surface area contributed by atoms with Crippen molar-refractivity contribution in [2.75, 3.05) is 4.90 Å². The minimum Gasteiger partial charge on any atom is -0.268 e. The fourth-order valence-corrected chi connectivity index (χ4v) is 4.46. The zero-order valence-electron chi connectivity index (χ0n) is 17.3. The summed E-state index contributed by atoms with van der Waals surface area (Å²) in [7, 11) is 0. The van der Waals surface area contributed by atoms with Gasteiger partial charge in [0.15, 0.2) is 0 Å². The molecule has 1 saturated heterocycles. The summed E-state index contributed by atoms with van der Waals surface area (Å²) in [6, 6.07) is 27.0. The molecule has 2 heterocycles. The highest BCUT2D eigenvalue weighted by Gasteiger charge is 2.36. The molecule has 32 heavy (non-hydrogen) atoms. The molecular formula is C26H19N3O2S. The molecule has 0 radical (unpaired) electrons. The molecule has 0 bridgehead atoms. The van der Waals surface area contributed by atoms with Gasteiger partial charge in [0.25, 0.3) is 11.1 Å². The smallest absolute Gasteiger partial charge is 0.268 e. The Labute approximate surface area is 190 Å². The van der Waals surface area contributed by atoms with Crippen LogP contribution in [0.4, 0.5) is 10.5 Å². The Morgan fingerprint density at radius 1 is 0.844 bits per heavy atom. The van der Waals surface area contributed by atoms with Crippen molar-refractivity contribution in [3.05, 3.63) is 107 Å². The third kappa shape index (κ3) is 3.76. The maximum Gasteiger partial charge on any atom is 0.298 e. The van der Waals surface area contributed by atoms with Gasteiger partial charge in [-0.05, 0) is 54.6 Å². The number of carbonyl (C=O) groups excluding carboxylic acids is 2. The minimum atomic E-state index is -0.322. The number of benzene rings is 3. The van der Waals surface area contributed by atoms with Crippen molar-refractivity contribution in [1.29, 1.82) is 0 Å². The Hall–Kier alpha value is -3.90. The van der Waals surface area contributed by atoms with E-state index < -0.39 is 0 Å². The van der Waals surface area contributed by atoms with Gasteiger partial charge in [-0.3, -0.25) is 9.59 Å². The van der Waals surface area contributed by atoms with Crippen LogP contribution in [0.15, 0.2) is 96.0 Å². The van der Waals surface area contributed by atoms with Crippen LogP contribution >= 0.6 is 11.8 Å². The van der Waals surface area contributed by atoms with E-state index in [4.69, 9.17) is 5.10 Å². The van der Waals surface area contributed by atoms with Crippen LogP contribution in [0.5, 0.6) is 0 Å². The van der Waals surface area contributed by atoms with Crippen LogP contribution < -0.4 is 4.90 Å². The van der Waals surface area contributed by atoms with E-state index in [1.807, 2.05) is 92.0 Å². The van der Waals surface area contributed by atoms with Crippen LogP contribution in [0, 0.1) is 6.92 Å². The lowest BCUT2D eigenvalue weighted by atomic mass is 10.1. The quantitative estimate of drug-likeness (QED) is 0.363. The van der Waals surface area contributed by atoms with E-state index in [-0.39, 0.29) is 11.1 Å². The molecule has 5 rings (SSSR count). The van der Waals surface area contributed by atoms with Gasteiger partial charge < -0.3 is 0 Å². The predicted octanol–water partition coefficient (Wildman–Crippen LogP) is 6.09. The molecule has 1 aliphatic rings. The number of hydrogen-bond acceptors (Lipinski definition) is 4. The molecule has 2 amide bonds. The number of aromatic nitrogens is 2. The van der Waals surface area contributed by atoms with E-state index in [9.17, 15) is 9.59 Å². The van der Waals surface area contributed by atoms with Crippen LogP contribution in [-0.2, 0) is 4.79 Å². The second kappa shape index (κ2) is 8.32. The van der Waals surface area contributed by atoms with Gasteiger partial charge in [0, 0.05) is 17.3 Å².